The summed E-state index contributed by atoms with van der Waals surface area (Å²) in [5, 5.41) is 1.08. The van der Waals surface area contributed by atoms with Gasteiger partial charge in [0.25, 0.3) is 5.91 Å². The lowest BCUT2D eigenvalue weighted by atomic mass is 10.1. The predicted octanol–water partition coefficient (Wildman–Crippen LogP) is 4.91. The number of hydrogen-bond donors (Lipinski definition) is 1. The average molecular weight is 495 g/mol. The molecule has 1 aromatic heterocycles. The molecule has 0 radical (unpaired) electrons. The fraction of sp³-hybridized carbons (Fsp3) is 0.346. The Bertz CT molecular complexity index is 1190. The highest BCUT2D eigenvalue weighted by molar-refractivity contribution is 8.00. The van der Waals surface area contributed by atoms with Crippen LogP contribution in [-0.2, 0) is 4.74 Å². The second-order valence-corrected chi connectivity index (χ2v) is 9.55. The molecule has 2 heterocycles. The van der Waals surface area contributed by atoms with Crippen molar-refractivity contribution >= 4 is 40.5 Å². The fourth-order valence-electron chi connectivity index (χ4n) is 3.80. The quantitative estimate of drug-likeness (QED) is 0.467. The molecule has 0 spiro atoms. The SMILES string of the molecule is COc1cc(NSc2cccc3cccnc23)ccc1C(=O)N1CCN(C(=O)OCC(C)C)CC1. The zero-order valence-electron chi connectivity index (χ0n) is 20.2. The van der Waals surface area contributed by atoms with Crippen molar-refractivity contribution in [2.24, 2.45) is 5.92 Å². The molecule has 3 aromatic rings. The number of carbonyl (C=O) groups is 2. The highest BCUT2D eigenvalue weighted by Crippen LogP contribution is 2.30. The molecule has 0 atom stereocenters. The van der Waals surface area contributed by atoms with E-state index in [4.69, 9.17) is 9.47 Å². The second kappa shape index (κ2) is 11.3. The Morgan fingerprint density at radius 1 is 1.06 bits per heavy atom. The number of piperazine rings is 1. The van der Waals surface area contributed by atoms with Gasteiger partial charge < -0.3 is 24.0 Å². The van der Waals surface area contributed by atoms with Gasteiger partial charge in [-0.1, -0.05) is 32.0 Å². The first kappa shape index (κ1) is 24.7. The first-order valence-corrected chi connectivity index (χ1v) is 12.4. The minimum absolute atomic E-state index is 0.116. The third-order valence-corrected chi connectivity index (χ3v) is 6.56. The zero-order valence-corrected chi connectivity index (χ0v) is 21.0. The number of methoxy groups -OCH3 is 1. The van der Waals surface area contributed by atoms with Crippen LogP contribution in [0.3, 0.4) is 0 Å². The number of fused-ring (bicyclic) bond motifs is 1. The molecule has 2 amide bonds. The second-order valence-electron chi connectivity index (χ2n) is 8.70. The molecule has 1 N–H and O–H groups in total. The van der Waals surface area contributed by atoms with Gasteiger partial charge in [0.05, 0.1) is 29.7 Å². The minimum Gasteiger partial charge on any atom is -0.496 e. The molecule has 1 saturated heterocycles. The molecule has 8 nitrogen and oxygen atoms in total. The van der Waals surface area contributed by atoms with Crippen molar-refractivity contribution in [3.8, 4) is 5.75 Å². The number of nitrogens with zero attached hydrogens (tertiary/aromatic N) is 3. The van der Waals surface area contributed by atoms with E-state index in [1.54, 1.807) is 29.2 Å². The number of rotatable bonds is 7. The molecule has 0 saturated carbocycles. The van der Waals surface area contributed by atoms with Crippen LogP contribution in [-0.4, -0.2) is 66.7 Å². The van der Waals surface area contributed by atoms with Gasteiger partial charge in [0.2, 0.25) is 0 Å². The van der Waals surface area contributed by atoms with Crippen LogP contribution in [0.1, 0.15) is 24.2 Å². The Hall–Kier alpha value is -3.46. The topological polar surface area (TPSA) is 84.0 Å². The summed E-state index contributed by atoms with van der Waals surface area (Å²) in [7, 11) is 1.56. The number of aromatic nitrogens is 1. The number of hydrogen-bond acceptors (Lipinski definition) is 7. The van der Waals surface area contributed by atoms with Crippen molar-refractivity contribution in [1.82, 2.24) is 14.8 Å². The summed E-state index contributed by atoms with van der Waals surface area (Å²) in [4.78, 5) is 34.3. The first-order chi connectivity index (χ1) is 17.0. The summed E-state index contributed by atoms with van der Waals surface area (Å²) in [6, 6.07) is 15.5. The highest BCUT2D eigenvalue weighted by atomic mass is 32.2. The Balaban J connectivity index is 1.38. The molecule has 184 valence electrons. The van der Waals surface area contributed by atoms with Crippen molar-refractivity contribution < 1.29 is 19.1 Å². The van der Waals surface area contributed by atoms with Crippen molar-refractivity contribution in [2.75, 3.05) is 44.6 Å². The number of benzene rings is 2. The molecular weight excluding hydrogens is 464 g/mol. The van der Waals surface area contributed by atoms with Crippen molar-refractivity contribution in [1.29, 1.82) is 0 Å². The Morgan fingerprint density at radius 3 is 2.54 bits per heavy atom. The van der Waals surface area contributed by atoms with Gasteiger partial charge in [0.15, 0.2) is 0 Å². The van der Waals surface area contributed by atoms with Gasteiger partial charge in [0, 0.05) is 49.5 Å². The molecule has 0 unspecified atom stereocenters. The van der Waals surface area contributed by atoms with Crippen LogP contribution in [0.5, 0.6) is 5.75 Å². The van der Waals surface area contributed by atoms with Gasteiger partial charge in [0.1, 0.15) is 5.75 Å². The Kier molecular flexibility index (Phi) is 7.97. The molecule has 1 fully saturated rings. The van der Waals surface area contributed by atoms with Gasteiger partial charge in [-0.25, -0.2) is 4.79 Å². The van der Waals surface area contributed by atoms with Gasteiger partial charge in [-0.05, 0) is 42.1 Å². The van der Waals surface area contributed by atoms with Crippen LogP contribution in [0.4, 0.5) is 10.5 Å². The van der Waals surface area contributed by atoms with E-state index in [1.807, 2.05) is 56.3 Å². The van der Waals surface area contributed by atoms with Crippen LogP contribution in [0.2, 0.25) is 0 Å². The van der Waals surface area contributed by atoms with E-state index in [0.29, 0.717) is 44.1 Å². The van der Waals surface area contributed by atoms with E-state index in [-0.39, 0.29) is 17.9 Å². The number of carbonyl (C=O) groups excluding carboxylic acids is 2. The normalized spacial score (nSPS) is 13.7. The zero-order chi connectivity index (χ0) is 24.8. The third kappa shape index (κ3) is 5.97. The van der Waals surface area contributed by atoms with Crippen molar-refractivity contribution in [2.45, 2.75) is 18.7 Å². The van der Waals surface area contributed by atoms with Gasteiger partial charge in [-0.2, -0.15) is 0 Å². The van der Waals surface area contributed by atoms with Gasteiger partial charge >= 0.3 is 6.09 Å². The van der Waals surface area contributed by atoms with Crippen LogP contribution in [0.25, 0.3) is 10.9 Å². The number of anilines is 1. The summed E-state index contributed by atoms with van der Waals surface area (Å²) >= 11 is 1.46. The molecule has 2 aromatic carbocycles. The molecule has 0 aliphatic carbocycles. The van der Waals surface area contributed by atoms with E-state index >= 15 is 0 Å². The van der Waals surface area contributed by atoms with Crippen LogP contribution in [0.15, 0.2) is 59.6 Å². The monoisotopic (exact) mass is 494 g/mol. The van der Waals surface area contributed by atoms with E-state index in [0.717, 1.165) is 21.5 Å². The van der Waals surface area contributed by atoms with Gasteiger partial charge in [-0.15, -0.1) is 0 Å². The number of para-hydroxylation sites is 1. The van der Waals surface area contributed by atoms with E-state index in [1.165, 1.54) is 11.9 Å². The Morgan fingerprint density at radius 2 is 1.80 bits per heavy atom. The maximum Gasteiger partial charge on any atom is 0.409 e. The van der Waals surface area contributed by atoms with Crippen LogP contribution >= 0.6 is 11.9 Å². The lowest BCUT2D eigenvalue weighted by Gasteiger charge is -2.34. The van der Waals surface area contributed by atoms with Crippen LogP contribution in [0, 0.1) is 5.92 Å². The van der Waals surface area contributed by atoms with Crippen molar-refractivity contribution in [3.63, 3.8) is 0 Å². The molecule has 0 bridgehead atoms. The largest absolute Gasteiger partial charge is 0.496 e. The van der Waals surface area contributed by atoms with Gasteiger partial charge in [-0.3, -0.25) is 9.78 Å². The van der Waals surface area contributed by atoms with E-state index in [2.05, 4.69) is 9.71 Å². The molecule has 9 heteroatoms. The molecule has 35 heavy (non-hydrogen) atoms. The van der Waals surface area contributed by atoms with E-state index in [9.17, 15) is 9.59 Å². The molecule has 1 aliphatic rings. The highest BCUT2D eigenvalue weighted by Gasteiger charge is 2.27. The van der Waals surface area contributed by atoms with E-state index < -0.39 is 0 Å². The smallest absolute Gasteiger partial charge is 0.409 e. The van der Waals surface area contributed by atoms with Crippen molar-refractivity contribution in [3.05, 3.63) is 60.3 Å². The number of ether oxygens (including phenoxy) is 2. The number of amides is 2. The molecule has 4 rings (SSSR count). The summed E-state index contributed by atoms with van der Waals surface area (Å²) < 4.78 is 14.2. The van der Waals surface area contributed by atoms with Crippen LogP contribution < -0.4 is 9.46 Å². The maximum absolute atomic E-state index is 13.2. The third-order valence-electron chi connectivity index (χ3n) is 5.67. The number of nitrogens with one attached hydrogen (secondary N) is 1. The fourth-order valence-corrected chi connectivity index (χ4v) is 4.56. The first-order valence-electron chi connectivity index (χ1n) is 11.6. The summed E-state index contributed by atoms with van der Waals surface area (Å²) in [6.45, 7) is 6.17. The molecule has 1 aliphatic heterocycles. The Labute approximate surface area is 209 Å². The predicted molar refractivity (Wildman–Crippen MR) is 138 cm³/mol. The minimum atomic E-state index is -0.322. The molecular formula is C26H30N4O4S. The maximum atomic E-state index is 13.2. The standard InChI is InChI=1S/C26H30N4O4S/c1-18(2)17-34-26(32)30-14-12-29(13-15-30)25(31)21-10-9-20(16-22(21)33-3)28-35-23-8-4-6-19-7-5-11-27-24(19)23/h4-11,16,18,28H,12-15,17H2,1-3H3. The summed E-state index contributed by atoms with van der Waals surface area (Å²) in [6.07, 6.45) is 1.46. The number of pyridine rings is 1. The lowest BCUT2D eigenvalue weighted by molar-refractivity contribution is 0.0533. The summed E-state index contributed by atoms with van der Waals surface area (Å²) in [5.41, 5.74) is 2.23. The average Bonchev–Trinajstić information content (AvgIpc) is 2.90. The summed E-state index contributed by atoms with van der Waals surface area (Å²) in [5.74, 6) is 0.666. The lowest BCUT2D eigenvalue weighted by Crippen LogP contribution is -2.50.